The predicted octanol–water partition coefficient (Wildman–Crippen LogP) is 3.77. The summed E-state index contributed by atoms with van der Waals surface area (Å²) in [6.07, 6.45) is 14.7. The topological polar surface area (TPSA) is 80.9 Å². The molecule has 0 aromatic carbocycles. The van der Waals surface area contributed by atoms with Gasteiger partial charge in [-0.05, 0) is 37.0 Å². The SMILES string of the molecule is C1=C(c2ccn3ncc(C4CC4)c3n2)c2cnc(Nc3ccncc3)nc2C1.[HH]. The van der Waals surface area contributed by atoms with E-state index < -0.39 is 0 Å². The normalized spacial score (nSPS) is 15.5. The molecule has 1 N–H and O–H groups in total. The Kier molecular flexibility index (Phi) is 3.28. The van der Waals surface area contributed by atoms with Gasteiger partial charge in [0.1, 0.15) is 0 Å². The number of fused-ring (bicyclic) bond motifs is 2. The Bertz CT molecular complexity index is 1230. The summed E-state index contributed by atoms with van der Waals surface area (Å²) < 4.78 is 1.87. The number of hydrogen-bond donors (Lipinski definition) is 1. The van der Waals surface area contributed by atoms with Crippen molar-refractivity contribution in [1.29, 1.82) is 0 Å². The van der Waals surface area contributed by atoms with Crippen molar-refractivity contribution in [2.75, 3.05) is 5.32 Å². The molecule has 0 atom stereocenters. The monoisotopic (exact) mass is 369 g/mol. The molecular weight excluding hydrogens is 350 g/mol. The van der Waals surface area contributed by atoms with E-state index in [0.29, 0.717) is 11.9 Å². The number of hydrogen-bond acceptors (Lipinski definition) is 6. The minimum absolute atomic E-state index is 0. The lowest BCUT2D eigenvalue weighted by atomic mass is 10.1. The van der Waals surface area contributed by atoms with Crippen LogP contribution in [0, 0.1) is 0 Å². The average Bonchev–Trinajstić information content (AvgIpc) is 3.35. The Morgan fingerprint density at radius 3 is 2.82 bits per heavy atom. The minimum Gasteiger partial charge on any atom is -0.324 e. The smallest absolute Gasteiger partial charge is 0.227 e. The van der Waals surface area contributed by atoms with Crippen molar-refractivity contribution < 1.29 is 1.43 Å². The zero-order chi connectivity index (χ0) is 18.5. The lowest BCUT2D eigenvalue weighted by molar-refractivity contribution is 0.935. The van der Waals surface area contributed by atoms with Crippen LogP contribution >= 0.6 is 0 Å². The number of anilines is 2. The van der Waals surface area contributed by atoms with Gasteiger partial charge in [-0.3, -0.25) is 4.98 Å². The van der Waals surface area contributed by atoms with Gasteiger partial charge in [-0.1, -0.05) is 6.08 Å². The molecule has 4 heterocycles. The molecule has 138 valence electrons. The molecule has 1 fully saturated rings. The van der Waals surface area contributed by atoms with Gasteiger partial charge in [0.15, 0.2) is 5.65 Å². The summed E-state index contributed by atoms with van der Waals surface area (Å²) >= 11 is 0. The van der Waals surface area contributed by atoms with Crippen molar-refractivity contribution in [3.8, 4) is 0 Å². The number of nitrogens with one attached hydrogen (secondary N) is 1. The number of allylic oxidation sites excluding steroid dienone is 1. The first kappa shape index (κ1) is 15.4. The summed E-state index contributed by atoms with van der Waals surface area (Å²) in [6.45, 7) is 0. The summed E-state index contributed by atoms with van der Waals surface area (Å²) in [5, 5.41) is 7.66. The van der Waals surface area contributed by atoms with E-state index in [0.717, 1.165) is 40.3 Å². The highest BCUT2D eigenvalue weighted by molar-refractivity contribution is 5.83. The molecule has 0 bridgehead atoms. The highest BCUT2D eigenvalue weighted by Crippen LogP contribution is 2.41. The van der Waals surface area contributed by atoms with E-state index in [-0.39, 0.29) is 1.43 Å². The van der Waals surface area contributed by atoms with Crippen LogP contribution in [0.1, 0.15) is 42.7 Å². The fourth-order valence-corrected chi connectivity index (χ4v) is 3.69. The highest BCUT2D eigenvalue weighted by atomic mass is 15.2. The molecule has 0 amide bonds. The molecule has 7 heteroatoms. The lowest BCUT2D eigenvalue weighted by Gasteiger charge is -2.08. The Hall–Kier alpha value is -3.61. The van der Waals surface area contributed by atoms with Crippen LogP contribution in [-0.4, -0.2) is 29.5 Å². The van der Waals surface area contributed by atoms with Gasteiger partial charge >= 0.3 is 0 Å². The Labute approximate surface area is 162 Å². The molecule has 28 heavy (non-hydrogen) atoms. The van der Waals surface area contributed by atoms with E-state index in [4.69, 9.17) is 9.97 Å². The van der Waals surface area contributed by atoms with E-state index >= 15 is 0 Å². The van der Waals surface area contributed by atoms with Gasteiger partial charge < -0.3 is 5.32 Å². The van der Waals surface area contributed by atoms with Crippen molar-refractivity contribution in [2.45, 2.75) is 25.2 Å². The number of rotatable bonds is 4. The molecule has 2 aliphatic carbocycles. The van der Waals surface area contributed by atoms with Gasteiger partial charge in [-0.25, -0.2) is 19.5 Å². The molecule has 7 nitrogen and oxygen atoms in total. The maximum Gasteiger partial charge on any atom is 0.227 e. The van der Waals surface area contributed by atoms with Crippen molar-refractivity contribution >= 4 is 22.9 Å². The summed E-state index contributed by atoms with van der Waals surface area (Å²) in [5.74, 6) is 1.21. The van der Waals surface area contributed by atoms with Crippen molar-refractivity contribution in [2.24, 2.45) is 0 Å². The molecule has 4 aromatic rings. The minimum atomic E-state index is 0. The molecule has 4 aromatic heterocycles. The van der Waals surface area contributed by atoms with Crippen molar-refractivity contribution in [1.82, 2.24) is 29.5 Å². The van der Waals surface area contributed by atoms with Crippen LogP contribution in [-0.2, 0) is 6.42 Å². The van der Waals surface area contributed by atoms with Gasteiger partial charge in [-0.15, -0.1) is 0 Å². The van der Waals surface area contributed by atoms with Crippen molar-refractivity contribution in [3.63, 3.8) is 0 Å². The number of aromatic nitrogens is 6. The van der Waals surface area contributed by atoms with Crippen molar-refractivity contribution in [3.05, 3.63) is 77.8 Å². The quantitative estimate of drug-likeness (QED) is 0.590. The van der Waals surface area contributed by atoms with E-state index in [9.17, 15) is 0 Å². The third kappa shape index (κ3) is 2.55. The van der Waals surface area contributed by atoms with E-state index in [1.54, 1.807) is 12.4 Å². The Balaban J connectivity index is 0.00000181. The molecule has 0 saturated heterocycles. The molecule has 0 unspecified atom stereocenters. The van der Waals surface area contributed by atoms with Crippen LogP contribution in [0.4, 0.5) is 11.6 Å². The maximum absolute atomic E-state index is 4.92. The van der Waals surface area contributed by atoms with E-state index in [2.05, 4.69) is 26.5 Å². The zero-order valence-corrected chi connectivity index (χ0v) is 15.1. The second-order valence-corrected chi connectivity index (χ2v) is 7.19. The first-order valence-corrected chi connectivity index (χ1v) is 9.43. The van der Waals surface area contributed by atoms with Crippen LogP contribution in [0.5, 0.6) is 0 Å². The van der Waals surface area contributed by atoms with Crippen LogP contribution in [0.2, 0.25) is 0 Å². The third-order valence-corrected chi connectivity index (χ3v) is 5.28. The fourth-order valence-electron chi connectivity index (χ4n) is 3.69. The predicted molar refractivity (Wildman–Crippen MR) is 107 cm³/mol. The van der Waals surface area contributed by atoms with Crippen LogP contribution < -0.4 is 5.32 Å². The largest absolute Gasteiger partial charge is 0.324 e. The second kappa shape index (κ2) is 5.95. The highest BCUT2D eigenvalue weighted by Gasteiger charge is 2.28. The van der Waals surface area contributed by atoms with Gasteiger partial charge in [0.05, 0.1) is 17.6 Å². The Morgan fingerprint density at radius 1 is 1.07 bits per heavy atom. The van der Waals surface area contributed by atoms with Gasteiger partial charge in [0, 0.05) is 55.0 Å². The van der Waals surface area contributed by atoms with Gasteiger partial charge in [0.2, 0.25) is 5.95 Å². The second-order valence-electron chi connectivity index (χ2n) is 7.19. The molecule has 0 aliphatic heterocycles. The van der Waals surface area contributed by atoms with Crippen LogP contribution in [0.25, 0.3) is 11.2 Å². The molecule has 2 aliphatic rings. The Morgan fingerprint density at radius 2 is 1.96 bits per heavy atom. The summed E-state index contributed by atoms with van der Waals surface area (Å²) in [7, 11) is 0. The summed E-state index contributed by atoms with van der Waals surface area (Å²) in [5.41, 5.74) is 7.24. The molecular formula is C21H19N7. The molecule has 6 rings (SSSR count). The van der Waals surface area contributed by atoms with Crippen LogP contribution in [0.3, 0.4) is 0 Å². The third-order valence-electron chi connectivity index (χ3n) is 5.28. The molecule has 0 spiro atoms. The summed E-state index contributed by atoms with van der Waals surface area (Å²) in [6, 6.07) is 5.80. The van der Waals surface area contributed by atoms with Crippen LogP contribution in [0.15, 0.2) is 55.3 Å². The van der Waals surface area contributed by atoms with Gasteiger partial charge in [0.25, 0.3) is 0 Å². The fraction of sp³-hybridized carbons (Fsp3) is 0.190. The average molecular weight is 369 g/mol. The van der Waals surface area contributed by atoms with E-state index in [1.165, 1.54) is 18.4 Å². The van der Waals surface area contributed by atoms with E-state index in [1.807, 2.05) is 41.3 Å². The maximum atomic E-state index is 4.92. The molecule has 0 radical (unpaired) electrons. The van der Waals surface area contributed by atoms with Gasteiger partial charge in [-0.2, -0.15) is 5.10 Å². The standard InChI is InChI=1S/C21H17N7.H2/c1-2-13(1)16-12-24-28-10-7-19(26-20(16)28)15-3-4-18-17(15)11-23-21(27-18)25-14-5-8-22-9-6-14;/h3,5-13H,1-2,4H2,(H,22,23,25,27);1H. The zero-order valence-electron chi connectivity index (χ0n) is 15.1. The number of pyridine rings is 1. The molecule has 1 saturated carbocycles. The number of nitrogens with zero attached hydrogens (tertiary/aromatic N) is 6. The first-order valence-electron chi connectivity index (χ1n) is 9.43. The summed E-state index contributed by atoms with van der Waals surface area (Å²) in [4.78, 5) is 18.1. The lowest BCUT2D eigenvalue weighted by Crippen LogP contribution is -2.02. The first-order chi connectivity index (χ1) is 13.8.